The molecule has 0 bridgehead atoms. The first-order valence-electron chi connectivity index (χ1n) is 9.39. The van der Waals surface area contributed by atoms with Gasteiger partial charge in [0.1, 0.15) is 22.8 Å². The maximum absolute atomic E-state index is 12.6. The highest BCUT2D eigenvalue weighted by Crippen LogP contribution is 2.26. The molecule has 0 spiro atoms. The number of carboxylic acids is 1. The van der Waals surface area contributed by atoms with Gasteiger partial charge < -0.3 is 15.2 Å². The summed E-state index contributed by atoms with van der Waals surface area (Å²) in [6, 6.07) is 7.56. The standard InChI is InChI=1S/C21H25N5O4/c1-12-7-13(2)9-14(8-12)23-16-10-17(25(6)20(29)30-21(3,4)5)26-18(24-16)15(11-22-26)19(27)28/h7-11H,1-6H3,(H,23,24)(H,27,28). The van der Waals surface area contributed by atoms with Crippen LogP contribution >= 0.6 is 0 Å². The van der Waals surface area contributed by atoms with Crippen LogP contribution in [0.3, 0.4) is 0 Å². The molecular formula is C21H25N5O4. The molecule has 2 aromatic heterocycles. The second kappa shape index (κ2) is 7.66. The monoisotopic (exact) mass is 411 g/mol. The number of hydrogen-bond donors (Lipinski definition) is 2. The number of aryl methyl sites for hydroxylation is 2. The lowest BCUT2D eigenvalue weighted by Gasteiger charge is -2.25. The summed E-state index contributed by atoms with van der Waals surface area (Å²) in [6.45, 7) is 9.27. The fraction of sp³-hybridized carbons (Fsp3) is 0.333. The van der Waals surface area contributed by atoms with Gasteiger partial charge in [-0.2, -0.15) is 9.61 Å². The molecule has 30 heavy (non-hydrogen) atoms. The van der Waals surface area contributed by atoms with Crippen molar-refractivity contribution in [2.45, 2.75) is 40.2 Å². The summed E-state index contributed by atoms with van der Waals surface area (Å²) in [6.07, 6.45) is 0.609. The van der Waals surface area contributed by atoms with Crippen LogP contribution in [0.4, 0.5) is 22.1 Å². The molecule has 0 saturated heterocycles. The third-order valence-corrected chi connectivity index (χ3v) is 4.19. The fourth-order valence-corrected chi connectivity index (χ4v) is 3.02. The molecular weight excluding hydrogens is 386 g/mol. The Balaban J connectivity index is 2.11. The summed E-state index contributed by atoms with van der Waals surface area (Å²) in [5.74, 6) is -0.471. The molecule has 0 aliphatic rings. The zero-order valence-electron chi connectivity index (χ0n) is 17.8. The van der Waals surface area contributed by atoms with Gasteiger partial charge in [0.15, 0.2) is 5.65 Å². The van der Waals surface area contributed by atoms with E-state index in [0.717, 1.165) is 16.8 Å². The number of aromatic nitrogens is 3. The number of fused-ring (bicyclic) bond motifs is 1. The van der Waals surface area contributed by atoms with E-state index >= 15 is 0 Å². The number of aromatic carboxylic acids is 1. The van der Waals surface area contributed by atoms with Gasteiger partial charge >= 0.3 is 12.1 Å². The topological polar surface area (TPSA) is 109 Å². The molecule has 2 heterocycles. The molecule has 9 heteroatoms. The number of amides is 1. The maximum Gasteiger partial charge on any atom is 0.415 e. The van der Waals surface area contributed by atoms with Crippen LogP contribution in [-0.2, 0) is 4.74 Å². The summed E-state index contributed by atoms with van der Waals surface area (Å²) in [7, 11) is 1.53. The maximum atomic E-state index is 12.6. The van der Waals surface area contributed by atoms with Crippen molar-refractivity contribution in [3.05, 3.63) is 47.2 Å². The number of nitrogens with zero attached hydrogens (tertiary/aromatic N) is 4. The predicted octanol–water partition coefficient (Wildman–Crippen LogP) is 4.16. The van der Waals surface area contributed by atoms with Crippen molar-refractivity contribution in [2.24, 2.45) is 0 Å². The molecule has 0 aliphatic carbocycles. The molecule has 0 radical (unpaired) electrons. The quantitative estimate of drug-likeness (QED) is 0.663. The third-order valence-electron chi connectivity index (χ3n) is 4.19. The van der Waals surface area contributed by atoms with Crippen LogP contribution in [0.5, 0.6) is 0 Å². The van der Waals surface area contributed by atoms with Crippen LogP contribution in [-0.4, -0.2) is 44.4 Å². The van der Waals surface area contributed by atoms with E-state index < -0.39 is 17.7 Å². The van der Waals surface area contributed by atoms with Crippen molar-refractivity contribution >= 4 is 35.0 Å². The van der Waals surface area contributed by atoms with Gasteiger partial charge in [-0.3, -0.25) is 4.90 Å². The SMILES string of the molecule is Cc1cc(C)cc(Nc2cc(N(C)C(=O)OC(C)(C)C)n3ncc(C(=O)O)c3n2)c1. The van der Waals surface area contributed by atoms with Crippen LogP contribution < -0.4 is 10.2 Å². The molecule has 2 N–H and O–H groups in total. The van der Waals surface area contributed by atoms with Crippen molar-refractivity contribution in [3.63, 3.8) is 0 Å². The van der Waals surface area contributed by atoms with Gasteiger partial charge in [0, 0.05) is 18.8 Å². The molecule has 3 aromatic rings. The Morgan fingerprint density at radius 3 is 2.33 bits per heavy atom. The Hall–Kier alpha value is -3.62. The molecule has 0 atom stereocenters. The zero-order chi connectivity index (χ0) is 22.2. The minimum absolute atomic E-state index is 0.0714. The molecule has 0 aliphatic heterocycles. The van der Waals surface area contributed by atoms with E-state index in [0.29, 0.717) is 11.6 Å². The van der Waals surface area contributed by atoms with Crippen molar-refractivity contribution in [1.29, 1.82) is 0 Å². The van der Waals surface area contributed by atoms with Crippen molar-refractivity contribution < 1.29 is 19.4 Å². The van der Waals surface area contributed by atoms with E-state index in [1.54, 1.807) is 26.8 Å². The molecule has 1 aromatic carbocycles. The van der Waals surface area contributed by atoms with Gasteiger partial charge in [-0.15, -0.1) is 0 Å². The Kier molecular flexibility index (Phi) is 5.39. The number of benzene rings is 1. The van der Waals surface area contributed by atoms with Crippen molar-refractivity contribution in [1.82, 2.24) is 14.6 Å². The van der Waals surface area contributed by atoms with E-state index in [9.17, 15) is 14.7 Å². The number of anilines is 3. The Morgan fingerprint density at radius 1 is 1.13 bits per heavy atom. The summed E-state index contributed by atoms with van der Waals surface area (Å²) in [5, 5.41) is 16.8. The lowest BCUT2D eigenvalue weighted by atomic mass is 10.1. The normalized spacial score (nSPS) is 11.4. The Bertz CT molecular complexity index is 1110. The van der Waals surface area contributed by atoms with E-state index in [1.807, 2.05) is 32.0 Å². The molecule has 0 fully saturated rings. The van der Waals surface area contributed by atoms with Gasteiger partial charge in [-0.25, -0.2) is 14.6 Å². The van der Waals surface area contributed by atoms with E-state index in [4.69, 9.17) is 4.74 Å². The van der Waals surface area contributed by atoms with Crippen LogP contribution in [0, 0.1) is 13.8 Å². The molecule has 158 valence electrons. The van der Waals surface area contributed by atoms with Crippen LogP contribution in [0.2, 0.25) is 0 Å². The summed E-state index contributed by atoms with van der Waals surface area (Å²) >= 11 is 0. The summed E-state index contributed by atoms with van der Waals surface area (Å²) < 4.78 is 6.74. The average molecular weight is 411 g/mol. The first-order valence-corrected chi connectivity index (χ1v) is 9.39. The summed E-state index contributed by atoms with van der Waals surface area (Å²) in [4.78, 5) is 29.9. The van der Waals surface area contributed by atoms with Crippen molar-refractivity contribution in [3.8, 4) is 0 Å². The number of ether oxygens (including phenoxy) is 1. The summed E-state index contributed by atoms with van der Waals surface area (Å²) in [5.41, 5.74) is 2.29. The van der Waals surface area contributed by atoms with Gasteiger partial charge in [0.05, 0.1) is 6.20 Å². The van der Waals surface area contributed by atoms with Gasteiger partial charge in [-0.05, 0) is 57.9 Å². The number of carbonyl (C=O) groups is 2. The highest BCUT2D eigenvalue weighted by atomic mass is 16.6. The Morgan fingerprint density at radius 2 is 1.77 bits per heavy atom. The molecule has 0 unspecified atom stereocenters. The van der Waals surface area contributed by atoms with E-state index in [1.165, 1.54) is 22.7 Å². The first kappa shape index (κ1) is 21.1. The predicted molar refractivity (Wildman–Crippen MR) is 114 cm³/mol. The van der Waals surface area contributed by atoms with E-state index in [-0.39, 0.29) is 11.2 Å². The smallest absolute Gasteiger partial charge is 0.415 e. The number of hydrogen-bond acceptors (Lipinski definition) is 6. The minimum Gasteiger partial charge on any atom is -0.477 e. The largest absolute Gasteiger partial charge is 0.477 e. The second-order valence-corrected chi connectivity index (χ2v) is 8.14. The molecule has 3 rings (SSSR count). The van der Waals surface area contributed by atoms with Crippen LogP contribution in [0.1, 0.15) is 42.3 Å². The highest BCUT2D eigenvalue weighted by molar-refractivity contribution is 5.95. The number of carboxylic acid groups (broad SMARTS) is 1. The Labute approximate surface area is 174 Å². The number of nitrogens with one attached hydrogen (secondary N) is 1. The van der Waals surface area contributed by atoms with Crippen LogP contribution in [0.15, 0.2) is 30.5 Å². The lowest BCUT2D eigenvalue weighted by Crippen LogP contribution is -2.35. The number of rotatable bonds is 4. The zero-order valence-corrected chi connectivity index (χ0v) is 17.8. The third kappa shape index (κ3) is 4.51. The minimum atomic E-state index is -1.16. The second-order valence-electron chi connectivity index (χ2n) is 8.14. The van der Waals surface area contributed by atoms with Crippen LogP contribution in [0.25, 0.3) is 5.65 Å². The fourth-order valence-electron chi connectivity index (χ4n) is 3.02. The lowest BCUT2D eigenvalue weighted by molar-refractivity contribution is 0.0587. The van der Waals surface area contributed by atoms with Crippen molar-refractivity contribution in [2.75, 3.05) is 17.3 Å². The highest BCUT2D eigenvalue weighted by Gasteiger charge is 2.25. The first-order chi connectivity index (χ1) is 13.9. The van der Waals surface area contributed by atoms with Gasteiger partial charge in [0.2, 0.25) is 0 Å². The van der Waals surface area contributed by atoms with Gasteiger partial charge in [-0.1, -0.05) is 6.07 Å². The van der Waals surface area contributed by atoms with E-state index in [2.05, 4.69) is 15.4 Å². The number of carbonyl (C=O) groups excluding carboxylic acids is 1. The molecule has 0 saturated carbocycles. The molecule has 1 amide bonds. The van der Waals surface area contributed by atoms with Gasteiger partial charge in [0.25, 0.3) is 0 Å². The average Bonchev–Trinajstić information content (AvgIpc) is 3.02. The molecule has 9 nitrogen and oxygen atoms in total.